The van der Waals surface area contributed by atoms with Gasteiger partial charge in [0.2, 0.25) is 0 Å². The fourth-order valence-corrected chi connectivity index (χ4v) is 1.32. The largest absolute Gasteiger partial charge is 0.507 e. The molecule has 1 aromatic rings. The SMILES string of the molecule is CCOC(=O)C(=O)/C=C(\O)c1ccccc1OC. The van der Waals surface area contributed by atoms with Gasteiger partial charge in [-0.05, 0) is 19.1 Å². The predicted molar refractivity (Wildman–Crippen MR) is 65.2 cm³/mol. The highest BCUT2D eigenvalue weighted by Crippen LogP contribution is 2.23. The molecule has 0 saturated carbocycles. The summed E-state index contributed by atoms with van der Waals surface area (Å²) >= 11 is 0. The minimum atomic E-state index is -1.00. The fourth-order valence-electron chi connectivity index (χ4n) is 1.32. The molecule has 5 heteroatoms. The van der Waals surface area contributed by atoms with Gasteiger partial charge in [0.15, 0.2) is 0 Å². The van der Waals surface area contributed by atoms with E-state index in [4.69, 9.17) is 4.74 Å². The number of hydrogen-bond donors (Lipinski definition) is 1. The minimum absolute atomic E-state index is 0.105. The smallest absolute Gasteiger partial charge is 0.379 e. The number of para-hydroxylation sites is 1. The first-order valence-electron chi connectivity index (χ1n) is 5.35. The van der Waals surface area contributed by atoms with Crippen LogP contribution in [-0.2, 0) is 14.3 Å². The number of carbonyl (C=O) groups excluding carboxylic acids is 2. The average molecular weight is 250 g/mol. The molecule has 18 heavy (non-hydrogen) atoms. The number of esters is 1. The molecule has 1 N–H and O–H groups in total. The Bertz CT molecular complexity index is 476. The van der Waals surface area contributed by atoms with Crippen LogP contribution in [0.1, 0.15) is 12.5 Å². The second-order valence-corrected chi connectivity index (χ2v) is 3.31. The fraction of sp³-hybridized carbons (Fsp3) is 0.231. The number of carbonyl (C=O) groups is 2. The van der Waals surface area contributed by atoms with Gasteiger partial charge in [-0.15, -0.1) is 0 Å². The average Bonchev–Trinajstić information content (AvgIpc) is 2.38. The summed E-state index contributed by atoms with van der Waals surface area (Å²) in [6.45, 7) is 1.70. The van der Waals surface area contributed by atoms with Crippen LogP contribution in [0.5, 0.6) is 5.75 Å². The van der Waals surface area contributed by atoms with Gasteiger partial charge in [0.05, 0.1) is 19.3 Å². The number of methoxy groups -OCH3 is 1. The van der Waals surface area contributed by atoms with Crippen LogP contribution in [0.4, 0.5) is 0 Å². The third-order valence-electron chi connectivity index (χ3n) is 2.13. The maximum atomic E-state index is 11.4. The van der Waals surface area contributed by atoms with Gasteiger partial charge in [0.25, 0.3) is 5.78 Å². The van der Waals surface area contributed by atoms with Crippen LogP contribution >= 0.6 is 0 Å². The zero-order valence-electron chi connectivity index (χ0n) is 10.2. The van der Waals surface area contributed by atoms with Gasteiger partial charge in [-0.3, -0.25) is 4.79 Å². The Balaban J connectivity index is 2.95. The number of benzene rings is 1. The Kier molecular flexibility index (Phi) is 4.92. The standard InChI is InChI=1S/C13H14O5/c1-3-18-13(16)11(15)8-10(14)9-6-4-5-7-12(9)17-2/h4-8,14H,3H2,1-2H3/b10-8-. The first-order chi connectivity index (χ1) is 8.60. The topological polar surface area (TPSA) is 72.8 Å². The number of rotatable bonds is 5. The number of ketones is 1. The first kappa shape index (κ1) is 13.8. The van der Waals surface area contributed by atoms with Crippen molar-refractivity contribution < 1.29 is 24.2 Å². The summed E-state index contributed by atoms with van der Waals surface area (Å²) in [5.74, 6) is -1.85. The predicted octanol–water partition coefficient (Wildman–Crippen LogP) is 1.73. The summed E-state index contributed by atoms with van der Waals surface area (Å²) in [6.07, 6.45) is 0.815. The summed E-state index contributed by atoms with van der Waals surface area (Å²) in [6, 6.07) is 6.61. The second-order valence-electron chi connectivity index (χ2n) is 3.31. The molecule has 0 bridgehead atoms. The van der Waals surface area contributed by atoms with Gasteiger partial charge < -0.3 is 14.6 Å². The Labute approximate surface area is 105 Å². The molecule has 0 heterocycles. The van der Waals surface area contributed by atoms with Crippen molar-refractivity contribution in [1.29, 1.82) is 0 Å². The zero-order chi connectivity index (χ0) is 13.5. The first-order valence-corrected chi connectivity index (χ1v) is 5.35. The molecule has 0 spiro atoms. The maximum absolute atomic E-state index is 11.4. The van der Waals surface area contributed by atoms with E-state index >= 15 is 0 Å². The Morgan fingerprint density at radius 1 is 1.33 bits per heavy atom. The van der Waals surface area contributed by atoms with Crippen LogP contribution in [0, 0.1) is 0 Å². The van der Waals surface area contributed by atoms with Gasteiger partial charge >= 0.3 is 5.97 Å². The zero-order valence-corrected chi connectivity index (χ0v) is 10.2. The molecule has 96 valence electrons. The van der Waals surface area contributed by atoms with E-state index in [9.17, 15) is 14.7 Å². The summed E-state index contributed by atoms with van der Waals surface area (Å²) in [4.78, 5) is 22.5. The lowest BCUT2D eigenvalue weighted by Crippen LogP contribution is -2.15. The monoisotopic (exact) mass is 250 g/mol. The van der Waals surface area contributed by atoms with E-state index < -0.39 is 11.8 Å². The van der Waals surface area contributed by atoms with Crippen LogP contribution in [0.3, 0.4) is 0 Å². The van der Waals surface area contributed by atoms with Crippen molar-refractivity contribution in [3.8, 4) is 5.75 Å². The van der Waals surface area contributed by atoms with Crippen molar-refractivity contribution in [2.75, 3.05) is 13.7 Å². The Morgan fingerprint density at radius 3 is 2.61 bits per heavy atom. The van der Waals surface area contributed by atoms with E-state index in [0.29, 0.717) is 11.3 Å². The van der Waals surface area contributed by atoms with Crippen molar-refractivity contribution in [2.24, 2.45) is 0 Å². The highest BCUT2D eigenvalue weighted by Gasteiger charge is 2.15. The quantitative estimate of drug-likeness (QED) is 0.373. The summed E-state index contributed by atoms with van der Waals surface area (Å²) in [7, 11) is 1.44. The third kappa shape index (κ3) is 3.35. The van der Waals surface area contributed by atoms with Crippen LogP contribution in [0.2, 0.25) is 0 Å². The highest BCUT2D eigenvalue weighted by atomic mass is 16.5. The molecule has 0 radical (unpaired) electrons. The molecule has 1 rings (SSSR count). The maximum Gasteiger partial charge on any atom is 0.379 e. The lowest BCUT2D eigenvalue weighted by molar-refractivity contribution is -0.151. The molecule has 0 saturated heterocycles. The lowest BCUT2D eigenvalue weighted by atomic mass is 10.1. The molecule has 0 amide bonds. The number of aliphatic hydroxyl groups excluding tert-OH is 1. The molecule has 0 aromatic heterocycles. The van der Waals surface area contributed by atoms with E-state index in [2.05, 4.69) is 4.74 Å². The molecule has 0 fully saturated rings. The molecular weight excluding hydrogens is 236 g/mol. The van der Waals surface area contributed by atoms with E-state index in [-0.39, 0.29) is 12.4 Å². The van der Waals surface area contributed by atoms with Gasteiger partial charge in [-0.25, -0.2) is 4.79 Å². The molecule has 5 nitrogen and oxygen atoms in total. The van der Waals surface area contributed by atoms with E-state index in [0.717, 1.165) is 6.08 Å². The van der Waals surface area contributed by atoms with Crippen LogP contribution in [0.25, 0.3) is 5.76 Å². The van der Waals surface area contributed by atoms with Crippen molar-refractivity contribution in [2.45, 2.75) is 6.92 Å². The summed E-state index contributed by atoms with van der Waals surface area (Å²) in [5.41, 5.74) is 0.331. The van der Waals surface area contributed by atoms with Crippen molar-refractivity contribution >= 4 is 17.5 Å². The lowest BCUT2D eigenvalue weighted by Gasteiger charge is -2.06. The molecule has 0 aliphatic carbocycles. The van der Waals surface area contributed by atoms with Crippen molar-refractivity contribution in [1.82, 2.24) is 0 Å². The van der Waals surface area contributed by atoms with Crippen molar-refractivity contribution in [3.63, 3.8) is 0 Å². The summed E-state index contributed by atoms with van der Waals surface area (Å²) < 4.78 is 9.55. The molecule has 0 aliphatic heterocycles. The number of aliphatic hydroxyl groups is 1. The van der Waals surface area contributed by atoms with Gasteiger partial charge in [-0.2, -0.15) is 0 Å². The molecular formula is C13H14O5. The van der Waals surface area contributed by atoms with E-state index in [1.54, 1.807) is 31.2 Å². The normalized spacial score (nSPS) is 10.9. The highest BCUT2D eigenvalue weighted by molar-refractivity contribution is 6.39. The summed E-state index contributed by atoms with van der Waals surface area (Å²) in [5, 5.41) is 9.77. The number of ether oxygens (including phenoxy) is 2. The molecule has 0 unspecified atom stereocenters. The molecule has 0 atom stereocenters. The Hall–Kier alpha value is -2.30. The van der Waals surface area contributed by atoms with Crippen LogP contribution in [-0.4, -0.2) is 30.6 Å². The molecule has 0 aliphatic rings. The van der Waals surface area contributed by atoms with Crippen LogP contribution < -0.4 is 4.74 Å². The third-order valence-corrected chi connectivity index (χ3v) is 2.13. The van der Waals surface area contributed by atoms with E-state index in [1.165, 1.54) is 7.11 Å². The molecule has 1 aromatic carbocycles. The van der Waals surface area contributed by atoms with Gasteiger partial charge in [-0.1, -0.05) is 12.1 Å². The minimum Gasteiger partial charge on any atom is -0.507 e. The van der Waals surface area contributed by atoms with Crippen molar-refractivity contribution in [3.05, 3.63) is 35.9 Å². The van der Waals surface area contributed by atoms with E-state index in [1.807, 2.05) is 0 Å². The number of hydrogen-bond acceptors (Lipinski definition) is 5. The van der Waals surface area contributed by atoms with Gasteiger partial charge in [0.1, 0.15) is 11.5 Å². The second kappa shape index (κ2) is 6.44. The Morgan fingerprint density at radius 2 is 2.00 bits per heavy atom. The van der Waals surface area contributed by atoms with Gasteiger partial charge in [0, 0.05) is 6.08 Å². The van der Waals surface area contributed by atoms with Crippen LogP contribution in [0.15, 0.2) is 30.3 Å².